The quantitative estimate of drug-likeness (QED) is 0.271. The van der Waals surface area contributed by atoms with Crippen molar-refractivity contribution in [3.8, 4) is 17.1 Å². The number of benzene rings is 2. The standard InChI is InChI=1S/C13H9N2.C12H8N3.Ir/c1-2-6-11(7-3-1)13-12-8-4-5-9-15(12)10-14-13;1-2-6-11-10(5-1)14-9-15(11)12-7-3-4-8-13-12;/h1-6,8-10H;1-8H;/q2*-1;. The molecule has 6 heteroatoms. The minimum absolute atomic E-state index is 0. The van der Waals surface area contributed by atoms with Crippen LogP contribution in [0.4, 0.5) is 0 Å². The van der Waals surface area contributed by atoms with Crippen LogP contribution in [0.1, 0.15) is 0 Å². The first-order valence-corrected chi connectivity index (χ1v) is 9.55. The monoisotopic (exact) mass is 580 g/mol. The van der Waals surface area contributed by atoms with E-state index < -0.39 is 0 Å². The van der Waals surface area contributed by atoms with Gasteiger partial charge in [0.1, 0.15) is 0 Å². The van der Waals surface area contributed by atoms with E-state index in [0.29, 0.717) is 0 Å². The minimum Gasteiger partial charge on any atom is -0.411 e. The number of hydrogen-bond acceptors (Lipinski definition) is 3. The molecular weight excluding hydrogens is 563 g/mol. The van der Waals surface area contributed by atoms with Crippen molar-refractivity contribution in [2.45, 2.75) is 0 Å². The molecule has 4 aromatic heterocycles. The first-order chi connectivity index (χ1) is 14.9. The number of hydrogen-bond donors (Lipinski definition) is 0. The van der Waals surface area contributed by atoms with Crippen LogP contribution in [-0.2, 0) is 20.1 Å². The summed E-state index contributed by atoms with van der Waals surface area (Å²) in [5.41, 5.74) is 5.08. The van der Waals surface area contributed by atoms with Crippen LogP contribution in [0, 0.1) is 12.4 Å². The Morgan fingerprint density at radius 3 is 2.39 bits per heavy atom. The molecule has 0 bridgehead atoms. The molecule has 5 nitrogen and oxygen atoms in total. The molecule has 153 valence electrons. The maximum Gasteiger partial charge on any atom is 0.0883 e. The average molecular weight is 580 g/mol. The summed E-state index contributed by atoms with van der Waals surface area (Å²) in [5.74, 6) is 0.839. The van der Waals surface area contributed by atoms with Gasteiger partial charge in [-0.15, -0.1) is 35.9 Å². The summed E-state index contributed by atoms with van der Waals surface area (Å²) in [6, 6.07) is 30.8. The van der Waals surface area contributed by atoms with Gasteiger partial charge in [-0.25, -0.2) is 0 Å². The van der Waals surface area contributed by atoms with E-state index in [-0.39, 0.29) is 20.1 Å². The first kappa shape index (κ1) is 20.7. The number of aromatic nitrogens is 5. The van der Waals surface area contributed by atoms with Crippen molar-refractivity contribution in [1.29, 1.82) is 0 Å². The predicted molar refractivity (Wildman–Crippen MR) is 117 cm³/mol. The molecule has 0 aliphatic heterocycles. The van der Waals surface area contributed by atoms with Crippen molar-refractivity contribution in [2.75, 3.05) is 0 Å². The molecule has 0 fully saturated rings. The van der Waals surface area contributed by atoms with E-state index in [2.05, 4.69) is 33.4 Å². The van der Waals surface area contributed by atoms with Gasteiger partial charge in [-0.3, -0.25) is 9.97 Å². The van der Waals surface area contributed by atoms with Gasteiger partial charge < -0.3 is 14.0 Å². The van der Waals surface area contributed by atoms with Crippen molar-refractivity contribution in [3.05, 3.63) is 116 Å². The van der Waals surface area contributed by atoms with Gasteiger partial charge in [0, 0.05) is 50.0 Å². The predicted octanol–water partition coefficient (Wildman–Crippen LogP) is 5.02. The van der Waals surface area contributed by atoms with Crippen LogP contribution in [0.2, 0.25) is 0 Å². The van der Waals surface area contributed by atoms with E-state index in [4.69, 9.17) is 0 Å². The van der Waals surface area contributed by atoms with Crippen LogP contribution >= 0.6 is 0 Å². The summed E-state index contributed by atoms with van der Waals surface area (Å²) >= 11 is 0. The smallest absolute Gasteiger partial charge is 0.0883 e. The molecule has 0 saturated carbocycles. The van der Waals surface area contributed by atoms with E-state index >= 15 is 0 Å². The number of imidazole rings is 2. The second-order valence-corrected chi connectivity index (χ2v) is 6.59. The van der Waals surface area contributed by atoms with Crippen LogP contribution in [-0.4, -0.2) is 23.9 Å². The molecule has 2 aromatic carbocycles. The topological polar surface area (TPSA) is 48.0 Å². The first-order valence-electron chi connectivity index (χ1n) is 9.55. The fraction of sp³-hybridized carbons (Fsp3) is 0. The van der Waals surface area contributed by atoms with Gasteiger partial charge >= 0.3 is 0 Å². The van der Waals surface area contributed by atoms with Gasteiger partial charge in [0.15, 0.2) is 0 Å². The zero-order chi connectivity index (χ0) is 20.2. The van der Waals surface area contributed by atoms with E-state index in [1.807, 2.05) is 100 Å². The molecule has 31 heavy (non-hydrogen) atoms. The van der Waals surface area contributed by atoms with Gasteiger partial charge in [-0.05, 0) is 23.7 Å². The van der Waals surface area contributed by atoms with Crippen LogP contribution in [0.5, 0.6) is 0 Å². The Morgan fingerprint density at radius 1 is 0.742 bits per heavy atom. The summed E-state index contributed by atoms with van der Waals surface area (Å²) in [5, 5.41) is 0. The van der Waals surface area contributed by atoms with Gasteiger partial charge in [-0.2, -0.15) is 0 Å². The fourth-order valence-electron chi connectivity index (χ4n) is 3.26. The number of fused-ring (bicyclic) bond motifs is 2. The Morgan fingerprint density at radius 2 is 1.55 bits per heavy atom. The SMILES string of the molecule is [Ir].[c-]1ccccc1-c1ncn2ccccc12.[c-]1nc2ccccc2n1-c1ccccn1. The van der Waals surface area contributed by atoms with Crippen molar-refractivity contribution >= 4 is 16.6 Å². The fourth-order valence-corrected chi connectivity index (χ4v) is 3.26. The maximum atomic E-state index is 4.40. The largest absolute Gasteiger partial charge is 0.411 e. The molecule has 0 saturated heterocycles. The van der Waals surface area contributed by atoms with Gasteiger partial charge in [0.05, 0.1) is 12.1 Å². The Kier molecular flexibility index (Phi) is 6.31. The Balaban J connectivity index is 0.000000144. The van der Waals surface area contributed by atoms with E-state index in [0.717, 1.165) is 33.6 Å². The van der Waals surface area contributed by atoms with Crippen LogP contribution < -0.4 is 0 Å². The summed E-state index contributed by atoms with van der Waals surface area (Å²) in [6.07, 6.45) is 8.52. The van der Waals surface area contributed by atoms with Crippen molar-refractivity contribution in [3.63, 3.8) is 0 Å². The van der Waals surface area contributed by atoms with Crippen molar-refractivity contribution in [2.24, 2.45) is 0 Å². The van der Waals surface area contributed by atoms with Crippen LogP contribution in [0.3, 0.4) is 0 Å². The summed E-state index contributed by atoms with van der Waals surface area (Å²) < 4.78 is 3.87. The molecule has 0 unspecified atom stereocenters. The van der Waals surface area contributed by atoms with Crippen molar-refractivity contribution < 1.29 is 20.1 Å². The second-order valence-electron chi connectivity index (χ2n) is 6.59. The van der Waals surface area contributed by atoms with Crippen LogP contribution in [0.15, 0.2) is 104 Å². The summed E-state index contributed by atoms with van der Waals surface area (Å²) in [4.78, 5) is 12.9. The van der Waals surface area contributed by atoms with Crippen molar-refractivity contribution in [1.82, 2.24) is 23.9 Å². The molecular formula is C25H17IrN5-2. The third kappa shape index (κ3) is 4.31. The van der Waals surface area contributed by atoms with Gasteiger partial charge in [0.2, 0.25) is 0 Å². The maximum absolute atomic E-state index is 4.40. The normalized spacial score (nSPS) is 10.3. The molecule has 6 aromatic rings. The van der Waals surface area contributed by atoms with Gasteiger partial charge in [0.25, 0.3) is 0 Å². The van der Waals surface area contributed by atoms with E-state index in [1.165, 1.54) is 0 Å². The Bertz CT molecular complexity index is 1280. The Labute approximate surface area is 193 Å². The number of para-hydroxylation sites is 2. The number of rotatable bonds is 2. The second kappa shape index (κ2) is 9.47. The zero-order valence-electron chi connectivity index (χ0n) is 16.4. The molecule has 0 aliphatic carbocycles. The molecule has 0 spiro atoms. The molecule has 0 atom stereocenters. The van der Waals surface area contributed by atoms with E-state index in [9.17, 15) is 0 Å². The zero-order valence-corrected chi connectivity index (χ0v) is 18.8. The average Bonchev–Trinajstić information content (AvgIpc) is 3.45. The van der Waals surface area contributed by atoms with E-state index in [1.54, 1.807) is 6.20 Å². The molecule has 4 heterocycles. The third-order valence-corrected chi connectivity index (χ3v) is 4.68. The Hall–Kier alpha value is -3.60. The molecule has 6 rings (SSSR count). The molecule has 1 radical (unpaired) electrons. The molecule has 0 N–H and O–H groups in total. The summed E-state index contributed by atoms with van der Waals surface area (Å²) in [6.45, 7) is 0. The number of pyridine rings is 2. The minimum atomic E-state index is 0. The number of nitrogens with zero attached hydrogens (tertiary/aromatic N) is 5. The molecule has 0 aliphatic rings. The van der Waals surface area contributed by atoms with Crippen LogP contribution in [0.25, 0.3) is 33.6 Å². The third-order valence-electron chi connectivity index (χ3n) is 4.68. The summed E-state index contributed by atoms with van der Waals surface area (Å²) in [7, 11) is 0. The van der Waals surface area contributed by atoms with Gasteiger partial charge in [-0.1, -0.05) is 48.0 Å². The molecule has 0 amide bonds.